The molecule has 1 rings (SSSR count). The van der Waals surface area contributed by atoms with Gasteiger partial charge in [-0.25, -0.2) is 4.79 Å². The van der Waals surface area contributed by atoms with Crippen molar-refractivity contribution in [3.63, 3.8) is 0 Å². The maximum Gasteiger partial charge on any atom is 0.378 e. The summed E-state index contributed by atoms with van der Waals surface area (Å²) in [6, 6.07) is 7.52. The van der Waals surface area contributed by atoms with Crippen molar-refractivity contribution in [2.75, 3.05) is 0 Å². The third kappa shape index (κ3) is 6.08. The number of ether oxygens (including phenoxy) is 1. The molecule has 5 heteroatoms. The standard InChI is InChI=1S/C20H32O4Si/c1-14-10-12-15(13-11-14)17(24-25(8,9)20(5,6)7)16(21)18(22)23-19(2,3)4/h10-13,17H,1-9H3. The Morgan fingerprint density at radius 3 is 1.84 bits per heavy atom. The van der Waals surface area contributed by atoms with E-state index in [-0.39, 0.29) is 5.04 Å². The Labute approximate surface area is 153 Å². The largest absolute Gasteiger partial charge is 0.454 e. The average Bonchev–Trinajstić information content (AvgIpc) is 2.42. The van der Waals surface area contributed by atoms with Crippen LogP contribution in [0.25, 0.3) is 0 Å². The van der Waals surface area contributed by atoms with Gasteiger partial charge in [-0.05, 0) is 51.4 Å². The molecule has 1 atom stereocenters. The van der Waals surface area contributed by atoms with Gasteiger partial charge in [0.1, 0.15) is 11.7 Å². The summed E-state index contributed by atoms with van der Waals surface area (Å²) >= 11 is 0. The molecule has 0 radical (unpaired) electrons. The van der Waals surface area contributed by atoms with Crippen LogP contribution in [0.3, 0.4) is 0 Å². The zero-order valence-corrected chi connectivity index (χ0v) is 18.0. The lowest BCUT2D eigenvalue weighted by Gasteiger charge is -2.38. The van der Waals surface area contributed by atoms with E-state index in [1.54, 1.807) is 20.8 Å². The number of aryl methyl sites for hydroxylation is 1. The smallest absolute Gasteiger partial charge is 0.378 e. The molecule has 4 nitrogen and oxygen atoms in total. The Balaban J connectivity index is 3.22. The van der Waals surface area contributed by atoms with Crippen LogP contribution in [0.4, 0.5) is 0 Å². The summed E-state index contributed by atoms with van der Waals surface area (Å²) in [4.78, 5) is 25.2. The Morgan fingerprint density at radius 2 is 1.44 bits per heavy atom. The molecule has 0 heterocycles. The lowest BCUT2D eigenvalue weighted by molar-refractivity contribution is -0.165. The van der Waals surface area contributed by atoms with Crippen LogP contribution in [-0.2, 0) is 18.8 Å². The van der Waals surface area contributed by atoms with Crippen molar-refractivity contribution in [3.05, 3.63) is 35.4 Å². The number of hydrogen-bond acceptors (Lipinski definition) is 4. The Bertz CT molecular complexity index is 619. The topological polar surface area (TPSA) is 52.6 Å². The number of rotatable bonds is 5. The van der Waals surface area contributed by atoms with Crippen molar-refractivity contribution >= 4 is 20.1 Å². The normalized spacial score (nSPS) is 14.1. The van der Waals surface area contributed by atoms with E-state index in [2.05, 4.69) is 33.9 Å². The lowest BCUT2D eigenvalue weighted by atomic mass is 10.0. The summed E-state index contributed by atoms with van der Waals surface area (Å²) in [7, 11) is -2.26. The fourth-order valence-electron chi connectivity index (χ4n) is 1.92. The van der Waals surface area contributed by atoms with Gasteiger partial charge >= 0.3 is 5.97 Å². The molecular formula is C20H32O4Si. The van der Waals surface area contributed by atoms with Gasteiger partial charge in [0.25, 0.3) is 5.78 Å². The third-order valence-corrected chi connectivity index (χ3v) is 8.87. The highest BCUT2D eigenvalue weighted by Crippen LogP contribution is 2.40. The summed E-state index contributed by atoms with van der Waals surface area (Å²) < 4.78 is 11.6. The van der Waals surface area contributed by atoms with Crippen LogP contribution in [0.5, 0.6) is 0 Å². The minimum Gasteiger partial charge on any atom is -0.454 e. The summed E-state index contributed by atoms with van der Waals surface area (Å²) in [5, 5.41) is -0.0792. The molecule has 0 aromatic heterocycles. The fraction of sp³-hybridized carbons (Fsp3) is 0.600. The molecule has 1 aromatic rings. The Kier molecular flexibility index (Phi) is 6.40. The van der Waals surface area contributed by atoms with Gasteiger partial charge in [-0.2, -0.15) is 0 Å². The van der Waals surface area contributed by atoms with Gasteiger partial charge in [-0.3, -0.25) is 4.79 Å². The van der Waals surface area contributed by atoms with Crippen LogP contribution in [-0.4, -0.2) is 25.7 Å². The van der Waals surface area contributed by atoms with Gasteiger partial charge in [-0.1, -0.05) is 50.6 Å². The molecule has 0 amide bonds. The summed E-state index contributed by atoms with van der Waals surface area (Å²) in [6.07, 6.45) is -0.934. The van der Waals surface area contributed by atoms with Crippen LogP contribution < -0.4 is 0 Å². The molecule has 0 N–H and O–H groups in total. The first kappa shape index (κ1) is 21.6. The van der Waals surface area contributed by atoms with Crippen molar-refractivity contribution in [1.82, 2.24) is 0 Å². The first-order valence-corrected chi connectivity index (χ1v) is 11.6. The van der Waals surface area contributed by atoms with Crippen LogP contribution in [0, 0.1) is 6.92 Å². The number of ketones is 1. The van der Waals surface area contributed by atoms with Gasteiger partial charge in [0.15, 0.2) is 8.32 Å². The minimum atomic E-state index is -2.26. The molecule has 0 bridgehead atoms. The van der Waals surface area contributed by atoms with Crippen LogP contribution in [0.15, 0.2) is 24.3 Å². The van der Waals surface area contributed by atoms with E-state index >= 15 is 0 Å². The number of carbonyl (C=O) groups is 2. The van der Waals surface area contributed by atoms with Crippen molar-refractivity contribution in [1.29, 1.82) is 0 Å². The van der Waals surface area contributed by atoms with Gasteiger partial charge in [0, 0.05) is 0 Å². The number of carbonyl (C=O) groups excluding carboxylic acids is 2. The first-order chi connectivity index (χ1) is 11.1. The second-order valence-electron chi connectivity index (χ2n) is 9.04. The fourth-order valence-corrected chi connectivity index (χ4v) is 3.11. The molecule has 140 valence electrons. The first-order valence-electron chi connectivity index (χ1n) is 8.66. The van der Waals surface area contributed by atoms with E-state index in [0.717, 1.165) is 5.56 Å². The molecule has 25 heavy (non-hydrogen) atoms. The monoisotopic (exact) mass is 364 g/mol. The predicted octanol–water partition coefficient (Wildman–Crippen LogP) is 4.97. The second kappa shape index (κ2) is 7.42. The molecule has 0 aliphatic carbocycles. The number of esters is 1. The van der Waals surface area contributed by atoms with E-state index in [4.69, 9.17) is 9.16 Å². The maximum atomic E-state index is 12.8. The van der Waals surface area contributed by atoms with Crippen LogP contribution >= 0.6 is 0 Å². The molecule has 0 aliphatic heterocycles. The van der Waals surface area contributed by atoms with Crippen molar-refractivity contribution in [3.8, 4) is 0 Å². The molecule has 0 spiro atoms. The number of hydrogen-bond donors (Lipinski definition) is 0. The summed E-state index contributed by atoms with van der Waals surface area (Å²) in [5.74, 6) is -1.50. The van der Waals surface area contributed by atoms with Gasteiger partial charge < -0.3 is 9.16 Å². The van der Waals surface area contributed by atoms with Crippen molar-refractivity contribution < 1.29 is 18.8 Å². The highest BCUT2D eigenvalue weighted by atomic mass is 28.4. The predicted molar refractivity (Wildman–Crippen MR) is 103 cm³/mol. The lowest BCUT2D eigenvalue weighted by Crippen LogP contribution is -2.44. The zero-order valence-electron chi connectivity index (χ0n) is 17.0. The number of Topliss-reactive ketones (excluding diaryl/α,β-unsaturated/α-hetero) is 1. The average molecular weight is 365 g/mol. The maximum absolute atomic E-state index is 12.8. The second-order valence-corrected chi connectivity index (χ2v) is 13.8. The van der Waals surface area contributed by atoms with Crippen molar-refractivity contribution in [2.45, 2.75) is 78.3 Å². The molecular weight excluding hydrogens is 332 g/mol. The summed E-state index contributed by atoms with van der Waals surface area (Å²) in [6.45, 7) is 17.6. The number of benzene rings is 1. The molecule has 1 aromatic carbocycles. The Morgan fingerprint density at radius 1 is 0.960 bits per heavy atom. The van der Waals surface area contributed by atoms with E-state index in [1.807, 2.05) is 31.2 Å². The SMILES string of the molecule is Cc1ccc(C(O[Si](C)(C)C(C)(C)C)C(=O)C(=O)OC(C)(C)C)cc1. The molecule has 0 saturated carbocycles. The highest BCUT2D eigenvalue weighted by Gasteiger charge is 2.43. The van der Waals surface area contributed by atoms with Crippen LogP contribution in [0.2, 0.25) is 18.1 Å². The quantitative estimate of drug-likeness (QED) is 0.420. The van der Waals surface area contributed by atoms with Crippen molar-refractivity contribution in [2.24, 2.45) is 0 Å². The Hall–Kier alpha value is -1.46. The van der Waals surface area contributed by atoms with E-state index < -0.39 is 31.8 Å². The third-order valence-electron chi connectivity index (χ3n) is 4.44. The van der Waals surface area contributed by atoms with Gasteiger partial charge in [0.2, 0.25) is 0 Å². The van der Waals surface area contributed by atoms with Gasteiger partial charge in [0.05, 0.1) is 0 Å². The van der Waals surface area contributed by atoms with E-state index in [0.29, 0.717) is 5.56 Å². The minimum absolute atomic E-state index is 0.0792. The molecule has 1 unspecified atom stereocenters. The molecule has 0 aliphatic rings. The molecule has 0 saturated heterocycles. The van der Waals surface area contributed by atoms with E-state index in [9.17, 15) is 9.59 Å². The highest BCUT2D eigenvalue weighted by molar-refractivity contribution is 6.74. The van der Waals surface area contributed by atoms with Gasteiger partial charge in [-0.15, -0.1) is 0 Å². The van der Waals surface area contributed by atoms with E-state index in [1.165, 1.54) is 0 Å². The van der Waals surface area contributed by atoms with Crippen LogP contribution in [0.1, 0.15) is 58.8 Å². The summed E-state index contributed by atoms with van der Waals surface area (Å²) in [5.41, 5.74) is 1.05. The molecule has 0 fully saturated rings. The zero-order chi connectivity index (χ0) is 19.6.